The highest BCUT2D eigenvalue weighted by molar-refractivity contribution is 5.88. The Hall–Kier alpha value is -3.53. The zero-order chi connectivity index (χ0) is 24.5. The van der Waals surface area contributed by atoms with Crippen molar-refractivity contribution in [3.63, 3.8) is 0 Å². The summed E-state index contributed by atoms with van der Waals surface area (Å²) in [5, 5.41) is 22.2. The minimum Gasteiger partial charge on any atom is -0.480 e. The molecule has 4 N–H and O–H groups in total. The number of benzene rings is 2. The highest BCUT2D eigenvalue weighted by Crippen LogP contribution is 2.55. The number of carbonyl (C=O) groups is 3. The van der Waals surface area contributed by atoms with Crippen molar-refractivity contribution in [2.75, 3.05) is 19.8 Å². The first-order valence-electron chi connectivity index (χ1n) is 10.9. The average Bonchev–Trinajstić information content (AvgIpc) is 3.22. The SMILES string of the molecule is O=C(NCC1C(C(=O)N[C@@H](CCO)C(=O)O)C1(F)F)OCC1c2ccccc2-c2ccccc21. The Morgan fingerprint density at radius 2 is 1.62 bits per heavy atom. The van der Waals surface area contributed by atoms with E-state index in [2.05, 4.69) is 5.32 Å². The van der Waals surface area contributed by atoms with Gasteiger partial charge in [0.05, 0.1) is 5.92 Å². The lowest BCUT2D eigenvalue weighted by molar-refractivity contribution is -0.142. The van der Waals surface area contributed by atoms with Crippen LogP contribution in [0.1, 0.15) is 23.5 Å². The van der Waals surface area contributed by atoms with Gasteiger partial charge >= 0.3 is 12.1 Å². The van der Waals surface area contributed by atoms with E-state index in [9.17, 15) is 23.2 Å². The van der Waals surface area contributed by atoms with Gasteiger partial charge in [-0.25, -0.2) is 18.4 Å². The van der Waals surface area contributed by atoms with E-state index in [1.807, 2.05) is 53.8 Å². The molecule has 1 fully saturated rings. The molecule has 3 atom stereocenters. The molecule has 0 aromatic heterocycles. The molecule has 0 bridgehead atoms. The summed E-state index contributed by atoms with van der Waals surface area (Å²) in [7, 11) is 0. The second-order valence-electron chi connectivity index (χ2n) is 8.38. The standard InChI is InChI=1S/C24H24F2N2O6/c25-24(26)18(20(24)21(30)28-19(9-10-29)22(31)32)11-27-23(33)34-12-17-15-7-3-1-5-13(15)14-6-2-4-8-16(14)17/h1-8,17-20,29H,9-12H2,(H,27,33)(H,28,30)(H,31,32)/t18?,19-,20?/m0/s1. The molecule has 2 aromatic rings. The van der Waals surface area contributed by atoms with Crippen LogP contribution < -0.4 is 10.6 Å². The van der Waals surface area contributed by atoms with Gasteiger partial charge in [-0.1, -0.05) is 48.5 Å². The highest BCUT2D eigenvalue weighted by atomic mass is 19.3. The van der Waals surface area contributed by atoms with E-state index in [1.54, 1.807) is 0 Å². The normalized spacial score (nSPS) is 20.6. The van der Waals surface area contributed by atoms with Gasteiger partial charge in [-0.05, 0) is 22.3 Å². The molecule has 8 nitrogen and oxygen atoms in total. The van der Waals surface area contributed by atoms with E-state index in [0.29, 0.717) is 0 Å². The van der Waals surface area contributed by atoms with Gasteiger partial charge in [-0.3, -0.25) is 4.79 Å². The van der Waals surface area contributed by atoms with Crippen molar-refractivity contribution >= 4 is 18.0 Å². The van der Waals surface area contributed by atoms with Crippen molar-refractivity contribution in [2.24, 2.45) is 11.8 Å². The van der Waals surface area contributed by atoms with Crippen LogP contribution in [0.15, 0.2) is 48.5 Å². The summed E-state index contributed by atoms with van der Waals surface area (Å²) in [5.41, 5.74) is 4.13. The molecule has 0 aliphatic heterocycles. The summed E-state index contributed by atoms with van der Waals surface area (Å²) >= 11 is 0. The van der Waals surface area contributed by atoms with Crippen LogP contribution >= 0.6 is 0 Å². The summed E-state index contributed by atoms with van der Waals surface area (Å²) in [6, 6.07) is 14.1. The third-order valence-corrected chi connectivity index (χ3v) is 6.33. The molecule has 0 saturated heterocycles. The van der Waals surface area contributed by atoms with Crippen LogP contribution in [-0.2, 0) is 14.3 Å². The molecular formula is C24H24F2N2O6. The van der Waals surface area contributed by atoms with Gasteiger partial charge in [0.25, 0.3) is 5.92 Å². The molecule has 2 aliphatic rings. The van der Waals surface area contributed by atoms with Gasteiger partial charge < -0.3 is 25.6 Å². The molecule has 1 saturated carbocycles. The van der Waals surface area contributed by atoms with Crippen LogP contribution in [0.25, 0.3) is 11.1 Å². The molecule has 0 heterocycles. The zero-order valence-corrected chi connectivity index (χ0v) is 18.0. The Balaban J connectivity index is 1.31. The molecule has 4 rings (SSSR count). The van der Waals surface area contributed by atoms with Crippen LogP contribution in [0.3, 0.4) is 0 Å². The van der Waals surface area contributed by atoms with Crippen LogP contribution in [0.5, 0.6) is 0 Å². The number of aliphatic carboxylic acids is 1. The predicted molar refractivity (Wildman–Crippen MR) is 116 cm³/mol. The van der Waals surface area contributed by atoms with Crippen molar-refractivity contribution < 1.29 is 38.1 Å². The molecule has 2 amide bonds. The maximum Gasteiger partial charge on any atom is 0.407 e. The first-order chi connectivity index (χ1) is 16.3. The molecule has 2 aromatic carbocycles. The van der Waals surface area contributed by atoms with Crippen molar-refractivity contribution in [3.05, 3.63) is 59.7 Å². The second kappa shape index (κ2) is 9.38. The lowest BCUT2D eigenvalue weighted by Crippen LogP contribution is -2.43. The first kappa shape index (κ1) is 23.6. The number of fused-ring (bicyclic) bond motifs is 3. The van der Waals surface area contributed by atoms with Crippen LogP contribution in [0.2, 0.25) is 0 Å². The van der Waals surface area contributed by atoms with Crippen molar-refractivity contribution in [2.45, 2.75) is 24.3 Å². The van der Waals surface area contributed by atoms with E-state index in [4.69, 9.17) is 14.9 Å². The smallest absolute Gasteiger partial charge is 0.407 e. The number of carboxylic acids is 1. The van der Waals surface area contributed by atoms with Gasteiger partial charge in [0, 0.05) is 25.5 Å². The Morgan fingerprint density at radius 1 is 1.03 bits per heavy atom. The minimum atomic E-state index is -3.39. The van der Waals surface area contributed by atoms with E-state index in [-0.39, 0.29) is 18.9 Å². The summed E-state index contributed by atoms with van der Waals surface area (Å²) in [6.07, 6.45) is -1.19. The second-order valence-corrected chi connectivity index (χ2v) is 8.38. The van der Waals surface area contributed by atoms with Crippen molar-refractivity contribution in [3.8, 4) is 11.1 Å². The number of alkyl halides is 2. The number of hydrogen-bond donors (Lipinski definition) is 4. The Bertz CT molecular complexity index is 1060. The molecule has 0 radical (unpaired) electrons. The number of nitrogens with one attached hydrogen (secondary N) is 2. The molecule has 180 valence electrons. The number of rotatable bonds is 9. The van der Waals surface area contributed by atoms with Crippen molar-refractivity contribution in [1.82, 2.24) is 10.6 Å². The van der Waals surface area contributed by atoms with Crippen LogP contribution in [0.4, 0.5) is 13.6 Å². The van der Waals surface area contributed by atoms with Gasteiger partial charge in [0.2, 0.25) is 5.91 Å². The maximum absolute atomic E-state index is 14.1. The third-order valence-electron chi connectivity index (χ3n) is 6.33. The molecule has 10 heteroatoms. The Labute approximate surface area is 193 Å². The lowest BCUT2D eigenvalue weighted by atomic mass is 9.98. The molecule has 34 heavy (non-hydrogen) atoms. The van der Waals surface area contributed by atoms with Gasteiger partial charge in [-0.15, -0.1) is 0 Å². The number of halogens is 2. The fraction of sp³-hybridized carbons (Fsp3) is 0.375. The molecule has 2 aliphatic carbocycles. The summed E-state index contributed by atoms with van der Waals surface area (Å²) in [4.78, 5) is 35.4. The molecular weight excluding hydrogens is 450 g/mol. The number of hydrogen-bond acceptors (Lipinski definition) is 5. The van der Waals surface area contributed by atoms with Gasteiger partial charge in [-0.2, -0.15) is 0 Å². The van der Waals surface area contributed by atoms with Crippen LogP contribution in [-0.4, -0.2) is 59.9 Å². The minimum absolute atomic E-state index is 0.0201. The fourth-order valence-electron chi connectivity index (χ4n) is 4.49. The predicted octanol–water partition coefficient (Wildman–Crippen LogP) is 2.36. The number of carbonyl (C=O) groups excluding carboxylic acids is 2. The monoisotopic (exact) mass is 474 g/mol. The number of aliphatic hydroxyl groups is 1. The largest absolute Gasteiger partial charge is 0.480 e. The number of amides is 2. The summed E-state index contributed by atoms with van der Waals surface area (Å²) in [5.74, 6) is -9.37. The number of aliphatic hydroxyl groups excluding tert-OH is 1. The van der Waals surface area contributed by atoms with Gasteiger partial charge in [0.1, 0.15) is 18.6 Å². The summed E-state index contributed by atoms with van der Waals surface area (Å²) < 4.78 is 33.5. The average molecular weight is 474 g/mol. The summed E-state index contributed by atoms with van der Waals surface area (Å²) in [6.45, 7) is -1.00. The maximum atomic E-state index is 14.1. The van der Waals surface area contributed by atoms with Crippen LogP contribution in [0, 0.1) is 11.8 Å². The van der Waals surface area contributed by atoms with E-state index in [0.717, 1.165) is 22.3 Å². The van der Waals surface area contributed by atoms with E-state index in [1.165, 1.54) is 0 Å². The number of ether oxygens (including phenoxy) is 1. The third kappa shape index (κ3) is 4.45. The first-order valence-corrected chi connectivity index (χ1v) is 10.9. The van der Waals surface area contributed by atoms with E-state index < -0.39 is 54.9 Å². The Kier molecular flexibility index (Phi) is 6.52. The zero-order valence-electron chi connectivity index (χ0n) is 18.0. The molecule has 0 spiro atoms. The molecule has 2 unspecified atom stereocenters. The van der Waals surface area contributed by atoms with E-state index >= 15 is 0 Å². The fourth-order valence-corrected chi connectivity index (χ4v) is 4.49. The quantitative estimate of drug-likeness (QED) is 0.442. The lowest BCUT2D eigenvalue weighted by Gasteiger charge is -2.14. The topological polar surface area (TPSA) is 125 Å². The van der Waals surface area contributed by atoms with Gasteiger partial charge in [0.15, 0.2) is 0 Å². The highest BCUT2D eigenvalue weighted by Gasteiger charge is 2.71. The Morgan fingerprint density at radius 3 is 2.18 bits per heavy atom. The number of alkyl carbamates (subject to hydrolysis) is 1. The van der Waals surface area contributed by atoms with Crippen molar-refractivity contribution in [1.29, 1.82) is 0 Å². The number of carboxylic acid groups (broad SMARTS) is 1.